The van der Waals surface area contributed by atoms with Gasteiger partial charge in [-0.25, -0.2) is 15.0 Å². The second-order valence-corrected chi connectivity index (χ2v) is 8.62. The van der Waals surface area contributed by atoms with E-state index in [4.69, 9.17) is 4.98 Å². The number of nitrogens with one attached hydrogen (secondary N) is 1. The monoisotopic (exact) mass is 419 g/mol. The van der Waals surface area contributed by atoms with Gasteiger partial charge < -0.3 is 14.8 Å². The third kappa shape index (κ3) is 4.39. The molecule has 8 nitrogen and oxygen atoms in total. The molecule has 8 heteroatoms. The molecule has 0 atom stereocenters. The molecule has 5 rings (SSSR count). The number of aromatic amines is 1. The number of anilines is 1. The number of likely N-dealkylation sites (tertiary alicyclic amines) is 1. The fraction of sp³-hybridized carbons (Fsp3) is 0.478. The lowest BCUT2D eigenvalue weighted by molar-refractivity contribution is -0.137. The van der Waals surface area contributed by atoms with Crippen LogP contribution < -0.4 is 4.90 Å². The maximum absolute atomic E-state index is 13.0. The number of aromatic nitrogens is 4. The molecule has 1 amide bonds. The lowest BCUT2D eigenvalue weighted by Gasteiger charge is -2.38. The van der Waals surface area contributed by atoms with Gasteiger partial charge in [-0.1, -0.05) is 6.07 Å². The number of hydrogen-bond acceptors (Lipinski definition) is 6. The standard InChI is InChI=1S/C23H29N7O/c1-17-3-4-19-20(15-17)27-21(26-19)16-28-9-5-18(6-10-28)22(31)29-11-13-30(14-12-29)23-24-7-2-8-25-23/h2-4,7-8,15,18H,5-6,9-14,16H2,1H3,(H,26,27). The van der Waals surface area contributed by atoms with Crippen molar-refractivity contribution >= 4 is 22.9 Å². The van der Waals surface area contributed by atoms with Crippen LogP contribution in [0.2, 0.25) is 0 Å². The summed E-state index contributed by atoms with van der Waals surface area (Å²) in [7, 11) is 0. The van der Waals surface area contributed by atoms with Gasteiger partial charge in [-0.05, 0) is 56.6 Å². The third-order valence-corrected chi connectivity index (χ3v) is 6.42. The first kappa shape index (κ1) is 19.9. The summed E-state index contributed by atoms with van der Waals surface area (Å²) in [5.74, 6) is 2.20. The van der Waals surface area contributed by atoms with Gasteiger partial charge in [-0.3, -0.25) is 9.69 Å². The Kier molecular flexibility index (Phi) is 5.55. The molecular weight excluding hydrogens is 390 g/mol. The number of H-pyrrole nitrogens is 1. The first-order valence-electron chi connectivity index (χ1n) is 11.1. The number of imidazole rings is 1. The molecule has 1 N–H and O–H groups in total. The van der Waals surface area contributed by atoms with E-state index in [9.17, 15) is 4.79 Å². The van der Waals surface area contributed by atoms with Crippen LogP contribution in [0.4, 0.5) is 5.95 Å². The maximum atomic E-state index is 13.0. The summed E-state index contributed by atoms with van der Waals surface area (Å²) in [4.78, 5) is 36.4. The smallest absolute Gasteiger partial charge is 0.225 e. The molecule has 2 saturated heterocycles. The van der Waals surface area contributed by atoms with Crippen LogP contribution in [0.25, 0.3) is 11.0 Å². The quantitative estimate of drug-likeness (QED) is 0.698. The van der Waals surface area contributed by atoms with Gasteiger partial charge in [0.15, 0.2) is 0 Å². The van der Waals surface area contributed by atoms with Gasteiger partial charge in [0.2, 0.25) is 11.9 Å². The highest BCUT2D eigenvalue weighted by Crippen LogP contribution is 2.23. The summed E-state index contributed by atoms with van der Waals surface area (Å²) >= 11 is 0. The van der Waals surface area contributed by atoms with Crippen molar-refractivity contribution in [1.82, 2.24) is 29.7 Å². The Morgan fingerprint density at radius 3 is 2.55 bits per heavy atom. The van der Waals surface area contributed by atoms with Crippen LogP contribution in [0.1, 0.15) is 24.2 Å². The Morgan fingerprint density at radius 1 is 1.06 bits per heavy atom. The summed E-state index contributed by atoms with van der Waals surface area (Å²) in [6.45, 7) is 7.85. The highest BCUT2D eigenvalue weighted by atomic mass is 16.2. The van der Waals surface area contributed by atoms with Crippen LogP contribution in [-0.2, 0) is 11.3 Å². The number of aryl methyl sites for hydroxylation is 1. The summed E-state index contributed by atoms with van der Waals surface area (Å²) in [5, 5.41) is 0. The number of carbonyl (C=O) groups is 1. The highest BCUT2D eigenvalue weighted by molar-refractivity contribution is 5.79. The van der Waals surface area contributed by atoms with E-state index in [1.165, 1.54) is 5.56 Å². The number of fused-ring (bicyclic) bond motifs is 1. The van der Waals surface area contributed by atoms with Crippen LogP contribution >= 0.6 is 0 Å². The van der Waals surface area contributed by atoms with Gasteiger partial charge in [-0.15, -0.1) is 0 Å². The second-order valence-electron chi connectivity index (χ2n) is 8.62. The zero-order chi connectivity index (χ0) is 21.2. The predicted molar refractivity (Wildman–Crippen MR) is 120 cm³/mol. The van der Waals surface area contributed by atoms with Gasteiger partial charge in [0, 0.05) is 44.5 Å². The molecule has 0 radical (unpaired) electrons. The highest BCUT2D eigenvalue weighted by Gasteiger charge is 2.31. The molecular formula is C23H29N7O. The molecule has 4 heterocycles. The Labute approximate surface area is 182 Å². The van der Waals surface area contributed by atoms with E-state index < -0.39 is 0 Å². The summed E-state index contributed by atoms with van der Waals surface area (Å²) in [5.41, 5.74) is 3.35. The van der Waals surface area contributed by atoms with Crippen molar-refractivity contribution in [3.63, 3.8) is 0 Å². The summed E-state index contributed by atoms with van der Waals surface area (Å²) < 4.78 is 0. The van der Waals surface area contributed by atoms with Crippen molar-refractivity contribution in [2.45, 2.75) is 26.3 Å². The van der Waals surface area contributed by atoms with E-state index in [1.807, 2.05) is 11.0 Å². The van der Waals surface area contributed by atoms with Crippen LogP contribution in [0.15, 0.2) is 36.7 Å². The molecule has 2 aliphatic heterocycles. The number of hydrogen-bond donors (Lipinski definition) is 1. The Balaban J connectivity index is 1.11. The summed E-state index contributed by atoms with van der Waals surface area (Å²) in [6, 6.07) is 8.13. The number of amides is 1. The van der Waals surface area contributed by atoms with E-state index in [2.05, 4.69) is 49.9 Å². The maximum Gasteiger partial charge on any atom is 0.225 e. The molecule has 31 heavy (non-hydrogen) atoms. The molecule has 2 fully saturated rings. The zero-order valence-corrected chi connectivity index (χ0v) is 18.0. The van der Waals surface area contributed by atoms with Crippen molar-refractivity contribution in [3.05, 3.63) is 48.0 Å². The minimum absolute atomic E-state index is 0.133. The molecule has 0 unspecified atom stereocenters. The predicted octanol–water partition coefficient (Wildman–Crippen LogP) is 2.22. The van der Waals surface area contributed by atoms with E-state index in [1.54, 1.807) is 12.4 Å². The Morgan fingerprint density at radius 2 is 1.81 bits per heavy atom. The largest absolute Gasteiger partial charge is 0.341 e. The van der Waals surface area contributed by atoms with Gasteiger partial charge >= 0.3 is 0 Å². The Bertz CT molecular complexity index is 1030. The first-order valence-corrected chi connectivity index (χ1v) is 11.1. The molecule has 0 bridgehead atoms. The molecule has 0 aliphatic carbocycles. The van der Waals surface area contributed by atoms with Crippen LogP contribution in [0.5, 0.6) is 0 Å². The number of carbonyl (C=O) groups excluding carboxylic acids is 1. The molecule has 2 aliphatic rings. The zero-order valence-electron chi connectivity index (χ0n) is 18.0. The van der Waals surface area contributed by atoms with Crippen LogP contribution in [0.3, 0.4) is 0 Å². The molecule has 3 aromatic rings. The fourth-order valence-electron chi connectivity index (χ4n) is 4.64. The van der Waals surface area contributed by atoms with E-state index >= 15 is 0 Å². The lowest BCUT2D eigenvalue weighted by Crippen LogP contribution is -2.52. The van der Waals surface area contributed by atoms with Crippen LogP contribution in [0, 0.1) is 12.8 Å². The minimum atomic E-state index is 0.133. The number of nitrogens with zero attached hydrogens (tertiary/aromatic N) is 6. The third-order valence-electron chi connectivity index (χ3n) is 6.42. The average Bonchev–Trinajstić information content (AvgIpc) is 3.21. The van der Waals surface area contributed by atoms with E-state index in [0.29, 0.717) is 5.91 Å². The molecule has 0 saturated carbocycles. The normalized spacial score (nSPS) is 18.6. The number of rotatable bonds is 4. The molecule has 1 aromatic carbocycles. The van der Waals surface area contributed by atoms with Gasteiger partial charge in [0.1, 0.15) is 5.82 Å². The van der Waals surface area contributed by atoms with Crippen molar-refractivity contribution in [2.24, 2.45) is 5.92 Å². The van der Waals surface area contributed by atoms with Crippen molar-refractivity contribution < 1.29 is 4.79 Å². The van der Waals surface area contributed by atoms with Crippen molar-refractivity contribution in [3.8, 4) is 0 Å². The number of benzene rings is 1. The van der Waals surface area contributed by atoms with Crippen molar-refractivity contribution in [2.75, 3.05) is 44.2 Å². The lowest BCUT2D eigenvalue weighted by atomic mass is 9.95. The second kappa shape index (κ2) is 8.63. The van der Waals surface area contributed by atoms with Crippen LogP contribution in [-0.4, -0.2) is 74.9 Å². The van der Waals surface area contributed by atoms with E-state index in [0.717, 1.165) is 81.5 Å². The average molecular weight is 420 g/mol. The first-order chi connectivity index (χ1) is 15.2. The van der Waals surface area contributed by atoms with Gasteiger partial charge in [-0.2, -0.15) is 0 Å². The molecule has 162 valence electrons. The number of piperidine rings is 1. The fourth-order valence-corrected chi connectivity index (χ4v) is 4.64. The van der Waals surface area contributed by atoms with Crippen molar-refractivity contribution in [1.29, 1.82) is 0 Å². The molecule has 0 spiro atoms. The number of piperazine rings is 1. The minimum Gasteiger partial charge on any atom is -0.341 e. The molecule has 2 aromatic heterocycles. The van der Waals surface area contributed by atoms with E-state index in [-0.39, 0.29) is 5.92 Å². The topological polar surface area (TPSA) is 81.2 Å². The SMILES string of the molecule is Cc1ccc2nc(CN3CCC(C(=O)N4CCN(c5ncccn5)CC4)CC3)[nH]c2c1. The Hall–Kier alpha value is -3.00. The van der Waals surface area contributed by atoms with Gasteiger partial charge in [0.05, 0.1) is 17.6 Å². The van der Waals surface area contributed by atoms with Gasteiger partial charge in [0.25, 0.3) is 0 Å². The summed E-state index contributed by atoms with van der Waals surface area (Å²) in [6.07, 6.45) is 5.36.